The van der Waals surface area contributed by atoms with Gasteiger partial charge in [0.05, 0.1) is 19.1 Å². The molecule has 3 rings (SSSR count). The molecule has 0 unspecified atom stereocenters. The number of carbonyl (C=O) groups excluding carboxylic acids is 3. The summed E-state index contributed by atoms with van der Waals surface area (Å²) in [6, 6.07) is 7.29. The smallest absolute Gasteiger partial charge is 0.226 e. The van der Waals surface area contributed by atoms with Gasteiger partial charge >= 0.3 is 0 Å². The first-order valence-corrected chi connectivity index (χ1v) is 10.0. The van der Waals surface area contributed by atoms with Crippen LogP contribution in [-0.2, 0) is 14.4 Å². The van der Waals surface area contributed by atoms with Gasteiger partial charge in [-0.2, -0.15) is 0 Å². The monoisotopic (exact) mass is 387 g/mol. The van der Waals surface area contributed by atoms with Crippen molar-refractivity contribution >= 4 is 17.7 Å². The van der Waals surface area contributed by atoms with Crippen LogP contribution in [0.1, 0.15) is 44.2 Å². The number of methoxy groups -OCH3 is 1. The highest BCUT2D eigenvalue weighted by Crippen LogP contribution is 2.38. The van der Waals surface area contributed by atoms with Crippen LogP contribution < -0.4 is 10.1 Å². The minimum Gasteiger partial charge on any atom is -0.497 e. The summed E-state index contributed by atoms with van der Waals surface area (Å²) in [6.07, 6.45) is 2.50. The molecule has 152 valence electrons. The van der Waals surface area contributed by atoms with Crippen molar-refractivity contribution < 1.29 is 19.1 Å². The van der Waals surface area contributed by atoms with Crippen LogP contribution in [-0.4, -0.2) is 60.8 Å². The molecular weight excluding hydrogens is 358 g/mol. The third kappa shape index (κ3) is 4.29. The van der Waals surface area contributed by atoms with Crippen LogP contribution in [0, 0.1) is 5.92 Å². The van der Waals surface area contributed by atoms with E-state index in [1.165, 1.54) is 0 Å². The van der Waals surface area contributed by atoms with Crippen LogP contribution in [0.25, 0.3) is 0 Å². The summed E-state index contributed by atoms with van der Waals surface area (Å²) < 4.78 is 5.21. The average Bonchev–Trinajstić information content (AvgIpc) is 3.27. The van der Waals surface area contributed by atoms with Gasteiger partial charge in [-0.15, -0.1) is 0 Å². The first-order chi connectivity index (χ1) is 13.5. The average molecular weight is 387 g/mol. The minimum absolute atomic E-state index is 0.00568. The minimum atomic E-state index is -0.408. The van der Waals surface area contributed by atoms with E-state index in [0.29, 0.717) is 26.1 Å². The highest BCUT2D eigenvalue weighted by Gasteiger charge is 2.43. The van der Waals surface area contributed by atoms with Gasteiger partial charge in [0, 0.05) is 39.0 Å². The van der Waals surface area contributed by atoms with E-state index in [1.807, 2.05) is 36.1 Å². The molecule has 1 N–H and O–H groups in total. The second-order valence-electron chi connectivity index (χ2n) is 7.34. The second kappa shape index (κ2) is 9.08. The maximum absolute atomic E-state index is 12.8. The van der Waals surface area contributed by atoms with Crippen molar-refractivity contribution in [3.8, 4) is 5.75 Å². The van der Waals surface area contributed by atoms with Gasteiger partial charge < -0.3 is 19.9 Å². The Morgan fingerprint density at radius 3 is 2.57 bits per heavy atom. The number of hydrogen-bond acceptors (Lipinski definition) is 4. The van der Waals surface area contributed by atoms with E-state index in [-0.39, 0.29) is 30.2 Å². The Labute approximate surface area is 166 Å². The van der Waals surface area contributed by atoms with Crippen molar-refractivity contribution in [2.24, 2.45) is 5.92 Å². The lowest BCUT2D eigenvalue weighted by Gasteiger charge is -2.27. The summed E-state index contributed by atoms with van der Waals surface area (Å²) >= 11 is 0. The van der Waals surface area contributed by atoms with Gasteiger partial charge in [-0.1, -0.05) is 12.1 Å². The van der Waals surface area contributed by atoms with Gasteiger partial charge in [0.15, 0.2) is 0 Å². The molecule has 0 saturated carbocycles. The van der Waals surface area contributed by atoms with Gasteiger partial charge in [0.2, 0.25) is 17.7 Å². The number of nitrogens with one attached hydrogen (secondary N) is 1. The molecule has 0 spiro atoms. The highest BCUT2D eigenvalue weighted by atomic mass is 16.5. The molecule has 0 aliphatic carbocycles. The number of hydrogen-bond donors (Lipinski definition) is 1. The summed E-state index contributed by atoms with van der Waals surface area (Å²) in [5.74, 6) is 0.442. The van der Waals surface area contributed by atoms with Crippen molar-refractivity contribution in [1.82, 2.24) is 15.1 Å². The predicted octanol–water partition coefficient (Wildman–Crippen LogP) is 1.73. The molecule has 2 saturated heterocycles. The summed E-state index contributed by atoms with van der Waals surface area (Å²) in [7, 11) is 1.61. The lowest BCUT2D eigenvalue weighted by molar-refractivity contribution is -0.129. The van der Waals surface area contributed by atoms with Crippen molar-refractivity contribution in [2.45, 2.75) is 38.6 Å². The summed E-state index contributed by atoms with van der Waals surface area (Å²) in [5.41, 5.74) is 0.941. The largest absolute Gasteiger partial charge is 0.497 e. The number of likely N-dealkylation sites (tertiary alicyclic amines) is 2. The molecule has 0 bridgehead atoms. The molecule has 2 atom stereocenters. The molecule has 1 aromatic rings. The molecule has 2 heterocycles. The lowest BCUT2D eigenvalue weighted by atomic mass is 9.92. The van der Waals surface area contributed by atoms with E-state index >= 15 is 0 Å². The van der Waals surface area contributed by atoms with E-state index in [9.17, 15) is 14.4 Å². The maximum atomic E-state index is 12.8. The van der Waals surface area contributed by atoms with Gasteiger partial charge in [-0.25, -0.2) is 0 Å². The first-order valence-electron chi connectivity index (χ1n) is 10.0. The number of amides is 3. The van der Waals surface area contributed by atoms with Crippen molar-refractivity contribution in [3.05, 3.63) is 29.8 Å². The van der Waals surface area contributed by atoms with Crippen molar-refractivity contribution in [3.63, 3.8) is 0 Å². The highest BCUT2D eigenvalue weighted by molar-refractivity contribution is 5.90. The molecule has 1 aromatic carbocycles. The number of carbonyl (C=O) groups is 3. The van der Waals surface area contributed by atoms with Gasteiger partial charge in [0.1, 0.15) is 5.75 Å². The SMILES string of the molecule is CCN1C(=O)C[C@@H](C(=O)NCCCN2CCCC2=O)[C@@H]1c1ccc(OC)cc1. The molecule has 2 aliphatic rings. The first kappa shape index (κ1) is 20.2. The molecule has 7 heteroatoms. The zero-order valence-corrected chi connectivity index (χ0v) is 16.6. The molecule has 0 aromatic heterocycles. The van der Waals surface area contributed by atoms with Crippen LogP contribution in [0.4, 0.5) is 0 Å². The van der Waals surface area contributed by atoms with Crippen LogP contribution in [0.15, 0.2) is 24.3 Å². The molecule has 28 heavy (non-hydrogen) atoms. The molecule has 7 nitrogen and oxygen atoms in total. The van der Waals surface area contributed by atoms with Crippen LogP contribution in [0.5, 0.6) is 5.75 Å². The third-order valence-corrected chi connectivity index (χ3v) is 5.64. The molecule has 3 amide bonds. The van der Waals surface area contributed by atoms with E-state index in [1.54, 1.807) is 12.0 Å². The van der Waals surface area contributed by atoms with E-state index in [4.69, 9.17) is 4.74 Å². The quantitative estimate of drug-likeness (QED) is 0.689. The zero-order chi connectivity index (χ0) is 20.1. The number of benzene rings is 1. The maximum Gasteiger partial charge on any atom is 0.226 e. The second-order valence-corrected chi connectivity index (χ2v) is 7.34. The standard InChI is InChI=1S/C21H29N3O4/c1-3-24-19(26)14-17(20(24)15-7-9-16(28-2)10-8-15)21(27)22-11-5-13-23-12-4-6-18(23)25/h7-10,17,20H,3-6,11-14H2,1-2H3,(H,22,27)/t17-,20+/m1/s1. The summed E-state index contributed by atoms with van der Waals surface area (Å²) in [4.78, 5) is 40.5. The van der Waals surface area contributed by atoms with Gasteiger partial charge in [0.25, 0.3) is 0 Å². The van der Waals surface area contributed by atoms with Gasteiger partial charge in [-0.05, 0) is 37.5 Å². The van der Waals surface area contributed by atoms with E-state index < -0.39 is 5.92 Å². The molecule has 2 aliphatic heterocycles. The summed E-state index contributed by atoms with van der Waals surface area (Å²) in [5, 5.41) is 2.97. The van der Waals surface area contributed by atoms with Crippen LogP contribution >= 0.6 is 0 Å². The fourth-order valence-corrected chi connectivity index (χ4v) is 4.16. The number of rotatable bonds is 8. The Morgan fingerprint density at radius 2 is 1.96 bits per heavy atom. The zero-order valence-electron chi connectivity index (χ0n) is 16.6. The predicted molar refractivity (Wildman–Crippen MR) is 105 cm³/mol. The Hall–Kier alpha value is -2.57. The topological polar surface area (TPSA) is 79.0 Å². The Morgan fingerprint density at radius 1 is 1.21 bits per heavy atom. The lowest BCUT2D eigenvalue weighted by Crippen LogP contribution is -2.37. The number of ether oxygens (including phenoxy) is 1. The Bertz CT molecular complexity index is 719. The van der Waals surface area contributed by atoms with Gasteiger partial charge in [-0.3, -0.25) is 14.4 Å². The molecule has 2 fully saturated rings. The van der Waals surface area contributed by atoms with E-state index in [0.717, 1.165) is 30.7 Å². The third-order valence-electron chi connectivity index (χ3n) is 5.64. The van der Waals surface area contributed by atoms with Crippen LogP contribution in [0.2, 0.25) is 0 Å². The Kier molecular flexibility index (Phi) is 6.54. The summed E-state index contributed by atoms with van der Waals surface area (Å²) in [6.45, 7) is 4.49. The van der Waals surface area contributed by atoms with Crippen molar-refractivity contribution in [1.29, 1.82) is 0 Å². The van der Waals surface area contributed by atoms with Crippen molar-refractivity contribution in [2.75, 3.05) is 33.3 Å². The fraction of sp³-hybridized carbons (Fsp3) is 0.571. The normalized spacial score (nSPS) is 22.1. The molecule has 0 radical (unpaired) electrons. The Balaban J connectivity index is 1.61. The number of nitrogens with zero attached hydrogens (tertiary/aromatic N) is 2. The molecular formula is C21H29N3O4. The van der Waals surface area contributed by atoms with E-state index in [2.05, 4.69) is 5.32 Å². The van der Waals surface area contributed by atoms with Crippen LogP contribution in [0.3, 0.4) is 0 Å². The fourth-order valence-electron chi connectivity index (χ4n) is 4.16.